The molecule has 2 heterocycles. The van der Waals surface area contributed by atoms with Gasteiger partial charge in [-0.05, 0) is 19.1 Å². The molecule has 13 heavy (non-hydrogen) atoms. The van der Waals surface area contributed by atoms with Crippen LogP contribution < -0.4 is 5.56 Å². The third-order valence-corrected chi connectivity index (χ3v) is 1.77. The summed E-state index contributed by atoms with van der Waals surface area (Å²) in [4.78, 5) is 19.2. The van der Waals surface area contributed by atoms with Gasteiger partial charge in [-0.15, -0.1) is 4.73 Å². The normalized spacial score (nSPS) is 10.5. The van der Waals surface area contributed by atoms with E-state index < -0.39 is 5.56 Å². The number of fused-ring (bicyclic) bond motifs is 1. The van der Waals surface area contributed by atoms with E-state index in [2.05, 4.69) is 9.97 Å². The Bertz CT molecular complexity index is 518. The quantitative estimate of drug-likeness (QED) is 0.589. The van der Waals surface area contributed by atoms with Crippen LogP contribution in [0.1, 0.15) is 5.82 Å². The summed E-state index contributed by atoms with van der Waals surface area (Å²) in [6.45, 7) is 1.55. The number of rotatable bonds is 0. The van der Waals surface area contributed by atoms with E-state index in [4.69, 9.17) is 0 Å². The summed E-state index contributed by atoms with van der Waals surface area (Å²) in [5, 5.41) is 9.21. The maximum atomic E-state index is 11.4. The van der Waals surface area contributed by atoms with Crippen LogP contribution in [-0.2, 0) is 0 Å². The fraction of sp³-hybridized carbons (Fsp3) is 0.125. The fourth-order valence-electron chi connectivity index (χ4n) is 1.12. The Morgan fingerprint density at radius 2 is 2.31 bits per heavy atom. The van der Waals surface area contributed by atoms with Crippen molar-refractivity contribution in [2.45, 2.75) is 6.92 Å². The van der Waals surface area contributed by atoms with Crippen LogP contribution in [0.25, 0.3) is 11.0 Å². The monoisotopic (exact) mass is 177 g/mol. The smallest absolute Gasteiger partial charge is 0.312 e. The second-order valence-electron chi connectivity index (χ2n) is 2.65. The van der Waals surface area contributed by atoms with E-state index in [1.165, 1.54) is 6.20 Å². The fourth-order valence-corrected chi connectivity index (χ4v) is 1.12. The van der Waals surface area contributed by atoms with Gasteiger partial charge in [-0.1, -0.05) is 0 Å². The first-order valence-corrected chi connectivity index (χ1v) is 3.74. The Morgan fingerprint density at radius 1 is 1.54 bits per heavy atom. The zero-order chi connectivity index (χ0) is 9.42. The first-order chi connectivity index (χ1) is 6.20. The van der Waals surface area contributed by atoms with E-state index in [1.807, 2.05) is 0 Å². The molecule has 0 fully saturated rings. The SMILES string of the molecule is Cc1nc2cccnc2c(=O)n1O. The lowest BCUT2D eigenvalue weighted by molar-refractivity contribution is 0.165. The van der Waals surface area contributed by atoms with Crippen molar-refractivity contribution >= 4 is 11.0 Å². The third-order valence-electron chi connectivity index (χ3n) is 1.77. The van der Waals surface area contributed by atoms with Crippen LogP contribution >= 0.6 is 0 Å². The number of nitrogens with zero attached hydrogens (tertiary/aromatic N) is 3. The molecule has 0 saturated heterocycles. The van der Waals surface area contributed by atoms with Crippen LogP contribution in [0.4, 0.5) is 0 Å². The Morgan fingerprint density at radius 3 is 3.08 bits per heavy atom. The molecule has 0 aliphatic heterocycles. The van der Waals surface area contributed by atoms with Gasteiger partial charge in [0.1, 0.15) is 5.82 Å². The highest BCUT2D eigenvalue weighted by atomic mass is 16.5. The Balaban J connectivity index is 3.03. The topological polar surface area (TPSA) is 68.0 Å². The summed E-state index contributed by atoms with van der Waals surface area (Å²) in [6.07, 6.45) is 1.49. The van der Waals surface area contributed by atoms with Gasteiger partial charge in [0.25, 0.3) is 0 Å². The van der Waals surface area contributed by atoms with Crippen molar-refractivity contribution in [1.82, 2.24) is 14.7 Å². The molecule has 1 N–H and O–H groups in total. The average molecular weight is 177 g/mol. The lowest BCUT2D eigenvalue weighted by atomic mass is 10.3. The highest BCUT2D eigenvalue weighted by Crippen LogP contribution is 2.02. The van der Waals surface area contributed by atoms with Gasteiger partial charge < -0.3 is 5.21 Å². The van der Waals surface area contributed by atoms with Crippen molar-refractivity contribution in [3.63, 3.8) is 0 Å². The van der Waals surface area contributed by atoms with Gasteiger partial charge in [-0.25, -0.2) is 9.97 Å². The second-order valence-corrected chi connectivity index (χ2v) is 2.65. The van der Waals surface area contributed by atoms with Gasteiger partial charge >= 0.3 is 5.56 Å². The van der Waals surface area contributed by atoms with Crippen LogP contribution in [0, 0.1) is 6.92 Å². The molecule has 66 valence electrons. The highest BCUT2D eigenvalue weighted by molar-refractivity contribution is 5.72. The maximum absolute atomic E-state index is 11.4. The maximum Gasteiger partial charge on any atom is 0.312 e. The molecule has 0 spiro atoms. The minimum absolute atomic E-state index is 0.176. The molecule has 0 aromatic carbocycles. The number of aryl methyl sites for hydroxylation is 1. The van der Waals surface area contributed by atoms with Crippen molar-refractivity contribution < 1.29 is 5.21 Å². The number of pyridine rings is 1. The molecule has 0 atom stereocenters. The van der Waals surface area contributed by atoms with Crippen molar-refractivity contribution in [1.29, 1.82) is 0 Å². The highest BCUT2D eigenvalue weighted by Gasteiger charge is 2.06. The molecule has 0 radical (unpaired) electrons. The van der Waals surface area contributed by atoms with E-state index >= 15 is 0 Å². The van der Waals surface area contributed by atoms with Crippen LogP contribution in [0.3, 0.4) is 0 Å². The third kappa shape index (κ3) is 1.05. The second kappa shape index (κ2) is 2.55. The van der Waals surface area contributed by atoms with Gasteiger partial charge in [0.05, 0.1) is 5.52 Å². The molecule has 2 aromatic rings. The lowest BCUT2D eigenvalue weighted by Gasteiger charge is -2.01. The largest absolute Gasteiger partial charge is 0.424 e. The molecular formula is C8H7N3O2. The van der Waals surface area contributed by atoms with E-state index in [9.17, 15) is 10.0 Å². The van der Waals surface area contributed by atoms with E-state index in [-0.39, 0.29) is 11.3 Å². The molecule has 0 amide bonds. The van der Waals surface area contributed by atoms with E-state index in [0.717, 1.165) is 0 Å². The van der Waals surface area contributed by atoms with Crippen LogP contribution in [-0.4, -0.2) is 19.9 Å². The molecular weight excluding hydrogens is 170 g/mol. The van der Waals surface area contributed by atoms with Crippen molar-refractivity contribution in [3.8, 4) is 0 Å². The van der Waals surface area contributed by atoms with Gasteiger partial charge in [-0.3, -0.25) is 4.79 Å². The minimum atomic E-state index is -0.539. The van der Waals surface area contributed by atoms with Gasteiger partial charge in [0.2, 0.25) is 0 Å². The predicted molar refractivity (Wildman–Crippen MR) is 45.7 cm³/mol. The van der Waals surface area contributed by atoms with Gasteiger partial charge in [-0.2, -0.15) is 0 Å². The van der Waals surface area contributed by atoms with E-state index in [0.29, 0.717) is 10.2 Å². The van der Waals surface area contributed by atoms with Crippen LogP contribution in [0.5, 0.6) is 0 Å². The molecule has 5 heteroatoms. The number of hydrogen-bond acceptors (Lipinski definition) is 4. The molecule has 0 unspecified atom stereocenters. The summed E-state index contributed by atoms with van der Waals surface area (Å²) < 4.78 is 0.495. The summed E-state index contributed by atoms with van der Waals surface area (Å²) in [7, 11) is 0. The average Bonchev–Trinajstić information content (AvgIpc) is 2.15. The lowest BCUT2D eigenvalue weighted by Crippen LogP contribution is -2.22. The zero-order valence-corrected chi connectivity index (χ0v) is 6.93. The molecule has 0 bridgehead atoms. The summed E-state index contributed by atoms with van der Waals surface area (Å²) in [5.41, 5.74) is 0.133. The van der Waals surface area contributed by atoms with Crippen molar-refractivity contribution in [2.75, 3.05) is 0 Å². The van der Waals surface area contributed by atoms with Crippen molar-refractivity contribution in [2.24, 2.45) is 0 Å². The molecule has 5 nitrogen and oxygen atoms in total. The molecule has 0 aliphatic carbocycles. The summed E-state index contributed by atoms with van der Waals surface area (Å²) in [6, 6.07) is 3.37. The number of hydrogen-bond donors (Lipinski definition) is 1. The molecule has 2 rings (SSSR count). The molecule has 2 aromatic heterocycles. The Kier molecular flexibility index (Phi) is 1.51. The Hall–Kier alpha value is -1.91. The minimum Gasteiger partial charge on any atom is -0.424 e. The van der Waals surface area contributed by atoms with Crippen LogP contribution in [0.2, 0.25) is 0 Å². The first-order valence-electron chi connectivity index (χ1n) is 3.74. The summed E-state index contributed by atoms with van der Waals surface area (Å²) in [5.74, 6) is 0.255. The Labute approximate surface area is 73.3 Å². The standard InChI is InChI=1S/C8H7N3O2/c1-5-10-6-3-2-4-9-7(6)8(12)11(5)13/h2-4,13H,1H3. The first kappa shape index (κ1) is 7.72. The zero-order valence-electron chi connectivity index (χ0n) is 6.93. The van der Waals surface area contributed by atoms with Crippen molar-refractivity contribution in [3.05, 3.63) is 34.5 Å². The number of aromatic nitrogens is 3. The summed E-state index contributed by atoms with van der Waals surface area (Å²) >= 11 is 0. The van der Waals surface area contributed by atoms with Gasteiger partial charge in [0, 0.05) is 6.20 Å². The van der Waals surface area contributed by atoms with Crippen LogP contribution in [0.15, 0.2) is 23.1 Å². The van der Waals surface area contributed by atoms with E-state index in [1.54, 1.807) is 19.1 Å². The molecule has 0 saturated carbocycles. The van der Waals surface area contributed by atoms with Gasteiger partial charge in [0.15, 0.2) is 5.52 Å². The predicted octanol–water partition coefficient (Wildman–Crippen LogP) is 0.337. The molecule has 0 aliphatic rings.